The molecule has 1 saturated heterocycles. The van der Waals surface area contributed by atoms with E-state index >= 15 is 0 Å². The summed E-state index contributed by atoms with van der Waals surface area (Å²) in [5, 5.41) is 9.79. The first-order valence-corrected chi connectivity index (χ1v) is 10.2. The molecule has 0 saturated carbocycles. The number of hydrogen-bond acceptors (Lipinski definition) is 4. The summed E-state index contributed by atoms with van der Waals surface area (Å²) in [7, 11) is 0. The molecule has 0 aliphatic carbocycles. The molecule has 4 rings (SSSR count). The average Bonchev–Trinajstić information content (AvgIpc) is 2.80. The van der Waals surface area contributed by atoms with E-state index < -0.39 is 0 Å². The van der Waals surface area contributed by atoms with E-state index in [1.165, 1.54) is 11.1 Å². The monoisotopic (exact) mass is 402 g/mol. The number of rotatable bonds is 6. The minimum atomic E-state index is -0.0711. The number of benzene rings is 3. The van der Waals surface area contributed by atoms with Crippen LogP contribution < -0.4 is 4.74 Å². The normalized spacial score (nSPS) is 14.6. The van der Waals surface area contributed by atoms with Crippen LogP contribution >= 0.6 is 0 Å². The minimum Gasteiger partial charge on any atom is -0.504 e. The van der Waals surface area contributed by atoms with Gasteiger partial charge < -0.3 is 14.7 Å². The van der Waals surface area contributed by atoms with Crippen LogP contribution in [0.1, 0.15) is 17.2 Å². The Morgan fingerprint density at radius 1 is 0.800 bits per heavy atom. The highest BCUT2D eigenvalue weighted by molar-refractivity contribution is 5.78. The van der Waals surface area contributed by atoms with Gasteiger partial charge in [-0.1, -0.05) is 72.8 Å². The van der Waals surface area contributed by atoms with Crippen molar-refractivity contribution in [2.45, 2.75) is 6.04 Å². The van der Waals surface area contributed by atoms with E-state index in [0.717, 1.165) is 13.1 Å². The van der Waals surface area contributed by atoms with E-state index in [1.54, 1.807) is 24.3 Å². The van der Waals surface area contributed by atoms with Gasteiger partial charge in [0.25, 0.3) is 5.91 Å². The molecule has 0 bridgehead atoms. The second kappa shape index (κ2) is 9.46. The van der Waals surface area contributed by atoms with Gasteiger partial charge in [-0.2, -0.15) is 0 Å². The lowest BCUT2D eigenvalue weighted by atomic mass is 9.96. The first kappa shape index (κ1) is 20.0. The molecule has 5 heteroatoms. The number of para-hydroxylation sites is 2. The van der Waals surface area contributed by atoms with Crippen LogP contribution in [-0.4, -0.2) is 53.6 Å². The van der Waals surface area contributed by atoms with Gasteiger partial charge in [-0.15, -0.1) is 0 Å². The molecule has 0 aromatic heterocycles. The Kier molecular flexibility index (Phi) is 6.30. The van der Waals surface area contributed by atoms with E-state index in [0.29, 0.717) is 18.8 Å². The minimum absolute atomic E-state index is 0.0451. The van der Waals surface area contributed by atoms with Crippen LogP contribution in [0.4, 0.5) is 0 Å². The van der Waals surface area contributed by atoms with Crippen LogP contribution in [0.3, 0.4) is 0 Å². The van der Waals surface area contributed by atoms with Crippen molar-refractivity contribution in [2.24, 2.45) is 0 Å². The van der Waals surface area contributed by atoms with E-state index in [2.05, 4.69) is 53.4 Å². The first-order chi connectivity index (χ1) is 14.7. The highest BCUT2D eigenvalue weighted by Gasteiger charge is 2.28. The van der Waals surface area contributed by atoms with Gasteiger partial charge in [-0.3, -0.25) is 9.69 Å². The number of phenols is 1. The van der Waals surface area contributed by atoms with Crippen molar-refractivity contribution in [3.05, 3.63) is 96.1 Å². The van der Waals surface area contributed by atoms with Crippen molar-refractivity contribution in [2.75, 3.05) is 32.8 Å². The molecule has 0 spiro atoms. The largest absolute Gasteiger partial charge is 0.504 e. The number of piperazine rings is 1. The Balaban J connectivity index is 1.40. The maximum Gasteiger partial charge on any atom is 0.260 e. The second-order valence-corrected chi connectivity index (χ2v) is 7.40. The average molecular weight is 402 g/mol. The first-order valence-electron chi connectivity index (χ1n) is 10.2. The van der Waals surface area contributed by atoms with Gasteiger partial charge in [0.15, 0.2) is 18.1 Å². The Morgan fingerprint density at radius 2 is 1.33 bits per heavy atom. The van der Waals surface area contributed by atoms with Crippen molar-refractivity contribution >= 4 is 5.91 Å². The summed E-state index contributed by atoms with van der Waals surface area (Å²) >= 11 is 0. The number of hydrogen-bond donors (Lipinski definition) is 1. The van der Waals surface area contributed by atoms with Crippen molar-refractivity contribution < 1.29 is 14.6 Å². The Bertz CT molecular complexity index is 915. The van der Waals surface area contributed by atoms with Gasteiger partial charge in [0.1, 0.15) is 0 Å². The molecule has 5 nitrogen and oxygen atoms in total. The SMILES string of the molecule is O=C(COc1ccccc1O)N1CCN(C(c2ccccc2)c2ccccc2)CC1. The Morgan fingerprint density at radius 3 is 1.90 bits per heavy atom. The third-order valence-electron chi connectivity index (χ3n) is 5.48. The summed E-state index contributed by atoms with van der Waals surface area (Å²) in [5.74, 6) is 0.315. The summed E-state index contributed by atoms with van der Waals surface area (Å²) in [6.07, 6.45) is 0. The molecule has 1 aliphatic rings. The molecule has 3 aromatic rings. The van der Waals surface area contributed by atoms with Crippen molar-refractivity contribution in [1.29, 1.82) is 0 Å². The molecule has 154 valence electrons. The van der Waals surface area contributed by atoms with Gasteiger partial charge in [0.05, 0.1) is 6.04 Å². The lowest BCUT2D eigenvalue weighted by Crippen LogP contribution is -2.51. The van der Waals surface area contributed by atoms with Gasteiger partial charge in [-0.25, -0.2) is 0 Å². The lowest BCUT2D eigenvalue weighted by Gasteiger charge is -2.39. The highest BCUT2D eigenvalue weighted by atomic mass is 16.5. The molecule has 1 amide bonds. The molecule has 1 fully saturated rings. The standard InChI is InChI=1S/C25H26N2O3/c28-22-13-7-8-14-23(22)30-19-24(29)26-15-17-27(18-16-26)25(20-9-3-1-4-10-20)21-11-5-2-6-12-21/h1-14,25,28H,15-19H2. The summed E-state index contributed by atoms with van der Waals surface area (Å²) in [6.45, 7) is 2.81. The molecule has 1 heterocycles. The smallest absolute Gasteiger partial charge is 0.260 e. The second-order valence-electron chi connectivity index (χ2n) is 7.40. The molecule has 0 unspecified atom stereocenters. The topological polar surface area (TPSA) is 53.0 Å². The summed E-state index contributed by atoms with van der Waals surface area (Å²) in [5.41, 5.74) is 2.51. The molecule has 1 aliphatic heterocycles. The van der Waals surface area contributed by atoms with Gasteiger partial charge in [0, 0.05) is 26.2 Å². The molecule has 0 radical (unpaired) electrons. The molecular formula is C25H26N2O3. The van der Waals surface area contributed by atoms with Gasteiger partial charge in [0.2, 0.25) is 0 Å². The third-order valence-corrected chi connectivity index (χ3v) is 5.48. The van der Waals surface area contributed by atoms with Crippen LogP contribution in [0.2, 0.25) is 0 Å². The molecule has 30 heavy (non-hydrogen) atoms. The quantitative estimate of drug-likeness (QED) is 0.683. The summed E-state index contributed by atoms with van der Waals surface area (Å²) in [4.78, 5) is 16.9. The fourth-order valence-corrected chi connectivity index (χ4v) is 3.92. The zero-order chi connectivity index (χ0) is 20.8. The van der Waals surface area contributed by atoms with E-state index in [1.807, 2.05) is 17.0 Å². The van der Waals surface area contributed by atoms with Crippen LogP contribution in [-0.2, 0) is 4.79 Å². The highest BCUT2D eigenvalue weighted by Crippen LogP contribution is 2.29. The van der Waals surface area contributed by atoms with Crippen LogP contribution in [0.25, 0.3) is 0 Å². The van der Waals surface area contributed by atoms with E-state index in [9.17, 15) is 9.90 Å². The third kappa shape index (κ3) is 4.63. The van der Waals surface area contributed by atoms with Crippen molar-refractivity contribution in [3.63, 3.8) is 0 Å². The van der Waals surface area contributed by atoms with E-state index in [4.69, 9.17) is 4.74 Å². The number of carbonyl (C=O) groups is 1. The fourth-order valence-electron chi connectivity index (χ4n) is 3.92. The maximum atomic E-state index is 12.6. The number of carbonyl (C=O) groups excluding carboxylic acids is 1. The van der Waals surface area contributed by atoms with Crippen LogP contribution in [0.15, 0.2) is 84.9 Å². The lowest BCUT2D eigenvalue weighted by molar-refractivity contribution is -0.135. The summed E-state index contributed by atoms with van der Waals surface area (Å²) < 4.78 is 5.51. The van der Waals surface area contributed by atoms with Crippen molar-refractivity contribution in [3.8, 4) is 11.5 Å². The van der Waals surface area contributed by atoms with Crippen molar-refractivity contribution in [1.82, 2.24) is 9.80 Å². The molecule has 3 aromatic carbocycles. The van der Waals surface area contributed by atoms with Gasteiger partial charge in [-0.05, 0) is 23.3 Å². The summed E-state index contributed by atoms with van der Waals surface area (Å²) in [6, 6.07) is 27.9. The molecular weight excluding hydrogens is 376 g/mol. The number of aromatic hydroxyl groups is 1. The van der Waals surface area contributed by atoms with Crippen LogP contribution in [0, 0.1) is 0 Å². The molecule has 0 atom stereocenters. The number of nitrogens with zero attached hydrogens (tertiary/aromatic N) is 2. The Labute approximate surface area is 177 Å². The Hall–Kier alpha value is -3.31. The maximum absolute atomic E-state index is 12.6. The predicted molar refractivity (Wildman–Crippen MR) is 116 cm³/mol. The molecule has 1 N–H and O–H groups in total. The number of phenolic OH excluding ortho intramolecular Hbond substituents is 1. The fraction of sp³-hybridized carbons (Fsp3) is 0.240. The zero-order valence-electron chi connectivity index (χ0n) is 16.9. The van der Waals surface area contributed by atoms with Gasteiger partial charge >= 0.3 is 0 Å². The number of ether oxygens (including phenoxy) is 1. The predicted octanol–water partition coefficient (Wildman–Crippen LogP) is 3.70. The van der Waals surface area contributed by atoms with E-state index in [-0.39, 0.29) is 24.3 Å². The zero-order valence-corrected chi connectivity index (χ0v) is 16.9. The van der Waals surface area contributed by atoms with Crippen LogP contribution in [0.5, 0.6) is 11.5 Å². The number of amides is 1.